The Kier molecular flexibility index (Phi) is 6.72. The number of piperidine rings is 1. The summed E-state index contributed by atoms with van der Waals surface area (Å²) in [5.41, 5.74) is 2.08. The van der Waals surface area contributed by atoms with Gasteiger partial charge in [-0.2, -0.15) is 0 Å². The molecule has 1 fully saturated rings. The van der Waals surface area contributed by atoms with Gasteiger partial charge in [-0.25, -0.2) is 0 Å². The number of para-hydroxylation sites is 2. The van der Waals surface area contributed by atoms with Crippen LogP contribution in [-0.2, 0) is 4.79 Å². The first kappa shape index (κ1) is 16.8. The Hall–Kier alpha value is -1.55. The summed E-state index contributed by atoms with van der Waals surface area (Å²) in [6, 6.07) is 8.12. The second-order valence-corrected chi connectivity index (χ2v) is 6.47. The quantitative estimate of drug-likeness (QED) is 0.760. The maximum atomic E-state index is 12.1. The van der Waals surface area contributed by atoms with Crippen molar-refractivity contribution in [1.29, 1.82) is 0 Å². The molecule has 0 spiro atoms. The molecule has 0 atom stereocenters. The van der Waals surface area contributed by atoms with Gasteiger partial charge in [-0.3, -0.25) is 4.79 Å². The molecule has 1 aliphatic heterocycles. The lowest BCUT2D eigenvalue weighted by Gasteiger charge is -2.30. The van der Waals surface area contributed by atoms with Gasteiger partial charge in [-0.15, -0.1) is 0 Å². The highest BCUT2D eigenvalue weighted by molar-refractivity contribution is 5.95. The summed E-state index contributed by atoms with van der Waals surface area (Å²) in [5.74, 6) is 0.698. The van der Waals surface area contributed by atoms with E-state index < -0.39 is 0 Å². The van der Waals surface area contributed by atoms with Crippen molar-refractivity contribution in [2.24, 2.45) is 5.92 Å². The summed E-state index contributed by atoms with van der Waals surface area (Å²) in [6.07, 6.45) is 4.88. The molecule has 1 aromatic rings. The molecule has 0 unspecified atom stereocenters. The van der Waals surface area contributed by atoms with E-state index in [1.165, 1.54) is 19.3 Å². The molecule has 4 nitrogen and oxygen atoms in total. The molecule has 1 aromatic carbocycles. The van der Waals surface area contributed by atoms with Gasteiger partial charge >= 0.3 is 0 Å². The van der Waals surface area contributed by atoms with E-state index in [0.717, 1.165) is 37.4 Å². The molecule has 1 aliphatic rings. The van der Waals surface area contributed by atoms with Crippen LogP contribution < -0.4 is 15.5 Å². The van der Waals surface area contributed by atoms with Crippen molar-refractivity contribution >= 4 is 17.3 Å². The van der Waals surface area contributed by atoms with Crippen LogP contribution in [0.1, 0.15) is 39.5 Å². The second kappa shape index (κ2) is 8.79. The van der Waals surface area contributed by atoms with Crippen molar-refractivity contribution in [1.82, 2.24) is 5.32 Å². The third-order valence-corrected chi connectivity index (χ3v) is 4.06. The molecule has 4 heteroatoms. The number of nitrogens with zero attached hydrogens (tertiary/aromatic N) is 1. The number of amides is 1. The van der Waals surface area contributed by atoms with Crippen molar-refractivity contribution < 1.29 is 4.79 Å². The minimum atomic E-state index is 0.0354. The van der Waals surface area contributed by atoms with E-state index in [1.807, 2.05) is 18.2 Å². The smallest absolute Gasteiger partial charge is 0.238 e. The minimum Gasteiger partial charge on any atom is -0.370 e. The zero-order valence-electron chi connectivity index (χ0n) is 13.9. The summed E-state index contributed by atoms with van der Waals surface area (Å²) in [7, 11) is 0. The van der Waals surface area contributed by atoms with Crippen molar-refractivity contribution in [3.05, 3.63) is 24.3 Å². The van der Waals surface area contributed by atoms with Crippen LogP contribution in [0.15, 0.2) is 24.3 Å². The summed E-state index contributed by atoms with van der Waals surface area (Å²) in [6.45, 7) is 7.81. The van der Waals surface area contributed by atoms with Crippen molar-refractivity contribution in [2.45, 2.75) is 39.5 Å². The third kappa shape index (κ3) is 5.34. The van der Waals surface area contributed by atoms with E-state index in [-0.39, 0.29) is 5.91 Å². The van der Waals surface area contributed by atoms with Crippen molar-refractivity contribution in [2.75, 3.05) is 36.4 Å². The van der Waals surface area contributed by atoms with Gasteiger partial charge in [0.25, 0.3) is 0 Å². The van der Waals surface area contributed by atoms with Crippen LogP contribution in [0.5, 0.6) is 0 Å². The number of carbonyl (C=O) groups is 1. The van der Waals surface area contributed by atoms with E-state index >= 15 is 0 Å². The van der Waals surface area contributed by atoms with Crippen LogP contribution in [0.2, 0.25) is 0 Å². The Morgan fingerprint density at radius 2 is 1.91 bits per heavy atom. The van der Waals surface area contributed by atoms with Crippen LogP contribution in [0.25, 0.3) is 0 Å². The molecule has 2 rings (SSSR count). The van der Waals surface area contributed by atoms with E-state index in [9.17, 15) is 4.79 Å². The Balaban J connectivity index is 1.87. The zero-order chi connectivity index (χ0) is 15.8. The largest absolute Gasteiger partial charge is 0.370 e. The zero-order valence-corrected chi connectivity index (χ0v) is 13.9. The highest BCUT2D eigenvalue weighted by atomic mass is 16.1. The van der Waals surface area contributed by atoms with Gasteiger partial charge in [-0.05, 0) is 50.3 Å². The normalized spacial score (nSPS) is 15.1. The monoisotopic (exact) mass is 303 g/mol. The van der Waals surface area contributed by atoms with E-state index in [4.69, 9.17) is 0 Å². The van der Waals surface area contributed by atoms with Crippen molar-refractivity contribution in [3.8, 4) is 0 Å². The van der Waals surface area contributed by atoms with Gasteiger partial charge in [-0.1, -0.05) is 26.0 Å². The minimum absolute atomic E-state index is 0.0354. The number of nitrogens with one attached hydrogen (secondary N) is 2. The summed E-state index contributed by atoms with van der Waals surface area (Å²) >= 11 is 0. The predicted molar refractivity (Wildman–Crippen MR) is 93.5 cm³/mol. The number of carbonyl (C=O) groups excluding carboxylic acids is 1. The average Bonchev–Trinajstić information content (AvgIpc) is 2.53. The van der Waals surface area contributed by atoms with Gasteiger partial charge in [0.2, 0.25) is 5.91 Å². The molecule has 1 heterocycles. The van der Waals surface area contributed by atoms with Gasteiger partial charge < -0.3 is 15.5 Å². The van der Waals surface area contributed by atoms with Gasteiger partial charge in [0, 0.05) is 13.1 Å². The Bertz CT molecular complexity index is 467. The first-order chi connectivity index (χ1) is 10.7. The predicted octanol–water partition coefficient (Wildman–Crippen LogP) is 3.25. The fourth-order valence-corrected chi connectivity index (χ4v) is 2.78. The molecular weight excluding hydrogens is 274 g/mol. The molecular formula is C18H29N3O. The van der Waals surface area contributed by atoms with Crippen LogP contribution >= 0.6 is 0 Å². The number of benzene rings is 1. The van der Waals surface area contributed by atoms with E-state index in [0.29, 0.717) is 12.5 Å². The van der Waals surface area contributed by atoms with E-state index in [2.05, 4.69) is 35.4 Å². The lowest BCUT2D eigenvalue weighted by Crippen LogP contribution is -2.32. The van der Waals surface area contributed by atoms with Crippen LogP contribution in [0.3, 0.4) is 0 Å². The Morgan fingerprint density at radius 1 is 1.18 bits per heavy atom. The van der Waals surface area contributed by atoms with Gasteiger partial charge in [0.15, 0.2) is 0 Å². The molecule has 0 radical (unpaired) electrons. The molecule has 122 valence electrons. The SMILES string of the molecule is CC(C)CCNCC(=O)Nc1ccccc1N1CCCCC1. The van der Waals surface area contributed by atoms with Crippen LogP contribution in [0.4, 0.5) is 11.4 Å². The molecule has 0 bridgehead atoms. The lowest BCUT2D eigenvalue weighted by atomic mass is 10.1. The maximum absolute atomic E-state index is 12.1. The second-order valence-electron chi connectivity index (χ2n) is 6.47. The first-order valence-corrected chi connectivity index (χ1v) is 8.51. The Morgan fingerprint density at radius 3 is 2.64 bits per heavy atom. The standard InChI is InChI=1S/C18H29N3O/c1-15(2)10-11-19-14-18(22)20-16-8-4-5-9-17(16)21-12-6-3-7-13-21/h4-5,8-9,15,19H,3,6-7,10-14H2,1-2H3,(H,20,22). The van der Waals surface area contributed by atoms with Crippen LogP contribution in [-0.4, -0.2) is 32.1 Å². The molecule has 2 N–H and O–H groups in total. The molecule has 1 saturated heterocycles. The molecule has 0 aromatic heterocycles. The number of anilines is 2. The fraction of sp³-hybridized carbons (Fsp3) is 0.611. The summed E-state index contributed by atoms with van der Waals surface area (Å²) < 4.78 is 0. The van der Waals surface area contributed by atoms with Crippen LogP contribution in [0, 0.1) is 5.92 Å². The Labute approximate surface area is 134 Å². The molecule has 22 heavy (non-hydrogen) atoms. The summed E-state index contributed by atoms with van der Waals surface area (Å²) in [5, 5.41) is 6.26. The first-order valence-electron chi connectivity index (χ1n) is 8.51. The molecule has 0 aliphatic carbocycles. The summed E-state index contributed by atoms with van der Waals surface area (Å²) in [4.78, 5) is 14.5. The average molecular weight is 303 g/mol. The molecule has 1 amide bonds. The number of hydrogen-bond acceptors (Lipinski definition) is 3. The fourth-order valence-electron chi connectivity index (χ4n) is 2.78. The number of rotatable bonds is 7. The maximum Gasteiger partial charge on any atom is 0.238 e. The van der Waals surface area contributed by atoms with Crippen molar-refractivity contribution in [3.63, 3.8) is 0 Å². The van der Waals surface area contributed by atoms with Gasteiger partial charge in [0.1, 0.15) is 0 Å². The highest BCUT2D eigenvalue weighted by Gasteiger charge is 2.15. The number of hydrogen-bond donors (Lipinski definition) is 2. The third-order valence-electron chi connectivity index (χ3n) is 4.06. The van der Waals surface area contributed by atoms with Gasteiger partial charge in [0.05, 0.1) is 17.9 Å². The lowest BCUT2D eigenvalue weighted by molar-refractivity contribution is -0.115. The van der Waals surface area contributed by atoms with E-state index in [1.54, 1.807) is 0 Å². The topological polar surface area (TPSA) is 44.4 Å². The highest BCUT2D eigenvalue weighted by Crippen LogP contribution is 2.28. The molecule has 0 saturated carbocycles.